The van der Waals surface area contributed by atoms with E-state index in [2.05, 4.69) is 44.8 Å². The molecule has 1 aliphatic carbocycles. The van der Waals surface area contributed by atoms with Gasteiger partial charge in [0.05, 0.1) is 18.9 Å². The van der Waals surface area contributed by atoms with Crippen LogP contribution in [0.1, 0.15) is 35.1 Å². The van der Waals surface area contributed by atoms with Gasteiger partial charge >= 0.3 is 0 Å². The number of nitrogens with one attached hydrogen (secondary N) is 3. The molecule has 2 aliphatic rings. The molecule has 3 N–H and O–H groups in total. The van der Waals surface area contributed by atoms with Gasteiger partial charge in [0.15, 0.2) is 0 Å². The van der Waals surface area contributed by atoms with Crippen molar-refractivity contribution >= 4 is 28.4 Å². The van der Waals surface area contributed by atoms with E-state index in [4.69, 9.17) is 4.74 Å². The van der Waals surface area contributed by atoms with Crippen LogP contribution in [0.2, 0.25) is 0 Å². The van der Waals surface area contributed by atoms with Gasteiger partial charge in [-0.05, 0) is 66.6 Å². The number of carbonyl (C=O) groups excluding carboxylic acids is 2. The van der Waals surface area contributed by atoms with Gasteiger partial charge in [-0.25, -0.2) is 0 Å². The quantitative estimate of drug-likeness (QED) is 0.294. The van der Waals surface area contributed by atoms with Crippen LogP contribution in [0.25, 0.3) is 10.9 Å². The van der Waals surface area contributed by atoms with E-state index in [0.717, 1.165) is 35.4 Å². The number of ether oxygens (including phenoxy) is 1. The summed E-state index contributed by atoms with van der Waals surface area (Å²) in [5, 5.41) is 7.44. The van der Waals surface area contributed by atoms with Gasteiger partial charge < -0.3 is 20.4 Å². The molecule has 206 valence electrons. The minimum atomic E-state index is -0.301. The number of aromatic amines is 1. The summed E-state index contributed by atoms with van der Waals surface area (Å²) >= 11 is 0. The van der Waals surface area contributed by atoms with Crippen molar-refractivity contribution < 1.29 is 14.3 Å². The molecule has 6 rings (SSSR count). The van der Waals surface area contributed by atoms with Gasteiger partial charge in [-0.1, -0.05) is 42.5 Å². The second kappa shape index (κ2) is 11.6. The van der Waals surface area contributed by atoms with Crippen molar-refractivity contribution in [3.8, 4) is 5.75 Å². The van der Waals surface area contributed by atoms with Gasteiger partial charge in [0.25, 0.3) is 0 Å². The Labute approximate surface area is 234 Å². The SMILES string of the molecule is COc1ccccc1CNC(=O)[C@H]1C[C@@H](C(=O)Nc2ccc3c(c2)CCC3)CN(Cc2c[nH]c3ccccc23)C1. The van der Waals surface area contributed by atoms with Crippen molar-refractivity contribution in [3.63, 3.8) is 0 Å². The molecule has 0 unspecified atom stereocenters. The third-order valence-electron chi connectivity index (χ3n) is 8.35. The lowest BCUT2D eigenvalue weighted by molar-refractivity contribution is -0.130. The van der Waals surface area contributed by atoms with Crippen LogP contribution < -0.4 is 15.4 Å². The Balaban J connectivity index is 1.19. The van der Waals surface area contributed by atoms with Crippen molar-refractivity contribution in [1.29, 1.82) is 0 Å². The van der Waals surface area contributed by atoms with Gasteiger partial charge in [-0.15, -0.1) is 0 Å². The minimum Gasteiger partial charge on any atom is -0.496 e. The summed E-state index contributed by atoms with van der Waals surface area (Å²) in [7, 11) is 1.63. The standard InChI is InChI=1S/C33H36N4O3/c1-40-31-12-5-2-7-24(31)17-35-32(38)25-15-26(33(39)36-28-14-13-22-8-6-9-23(22)16-28)20-37(19-25)21-27-18-34-30-11-4-3-10-29(27)30/h2-5,7,10-14,16,18,25-26,34H,6,8-9,15,17,19-21H2,1H3,(H,35,38)(H,36,39)/t25-,26+/m0/s1. The second-order valence-corrected chi connectivity index (χ2v) is 11.0. The normalized spacial score (nSPS) is 18.8. The van der Waals surface area contributed by atoms with Crippen LogP contribution in [0.15, 0.2) is 72.9 Å². The maximum absolute atomic E-state index is 13.6. The maximum atomic E-state index is 13.6. The zero-order valence-electron chi connectivity index (χ0n) is 22.9. The van der Waals surface area contributed by atoms with E-state index in [9.17, 15) is 9.59 Å². The number of methoxy groups -OCH3 is 1. The van der Waals surface area contributed by atoms with E-state index in [-0.39, 0.29) is 23.7 Å². The number of aromatic nitrogens is 1. The summed E-state index contributed by atoms with van der Waals surface area (Å²) in [4.78, 5) is 32.6. The minimum absolute atomic E-state index is 0.0240. The third kappa shape index (κ3) is 5.61. The smallest absolute Gasteiger partial charge is 0.228 e. The highest BCUT2D eigenvalue weighted by Gasteiger charge is 2.35. The zero-order valence-corrected chi connectivity index (χ0v) is 22.9. The number of nitrogens with zero attached hydrogens (tertiary/aromatic N) is 1. The molecule has 1 aliphatic heterocycles. The molecule has 2 atom stereocenters. The number of H-pyrrole nitrogens is 1. The molecule has 7 nitrogen and oxygen atoms in total. The number of anilines is 1. The first-order valence-corrected chi connectivity index (χ1v) is 14.2. The van der Waals surface area contributed by atoms with Crippen molar-refractivity contribution in [1.82, 2.24) is 15.2 Å². The van der Waals surface area contributed by atoms with Crippen LogP contribution in [0.4, 0.5) is 5.69 Å². The number of hydrogen-bond acceptors (Lipinski definition) is 4. The lowest BCUT2D eigenvalue weighted by atomic mass is 9.87. The Morgan fingerprint density at radius 3 is 2.58 bits per heavy atom. The summed E-state index contributed by atoms with van der Waals surface area (Å²) in [6.07, 6.45) is 5.90. The zero-order chi connectivity index (χ0) is 27.5. The van der Waals surface area contributed by atoms with Gasteiger partial charge in [-0.3, -0.25) is 14.5 Å². The second-order valence-electron chi connectivity index (χ2n) is 11.0. The Bertz CT molecular complexity index is 1530. The van der Waals surface area contributed by atoms with Crippen molar-refractivity contribution in [2.45, 2.75) is 38.8 Å². The number of fused-ring (bicyclic) bond motifs is 2. The number of carbonyl (C=O) groups is 2. The maximum Gasteiger partial charge on any atom is 0.228 e. The number of amides is 2. The predicted octanol–water partition coefficient (Wildman–Crippen LogP) is 5.06. The number of piperidine rings is 1. The fourth-order valence-corrected chi connectivity index (χ4v) is 6.27. The number of hydrogen-bond donors (Lipinski definition) is 3. The van der Waals surface area contributed by atoms with E-state index >= 15 is 0 Å². The summed E-state index contributed by atoms with van der Waals surface area (Å²) in [5.41, 5.74) is 6.74. The predicted molar refractivity (Wildman–Crippen MR) is 157 cm³/mol. The fraction of sp³-hybridized carbons (Fsp3) is 0.333. The molecule has 2 amide bonds. The van der Waals surface area contributed by atoms with Crippen LogP contribution in [-0.4, -0.2) is 41.9 Å². The number of likely N-dealkylation sites (tertiary alicyclic amines) is 1. The number of para-hydroxylation sites is 2. The number of benzene rings is 3. The monoisotopic (exact) mass is 536 g/mol. The molecular weight excluding hydrogens is 500 g/mol. The molecule has 0 spiro atoms. The van der Waals surface area contributed by atoms with Crippen LogP contribution in [0.3, 0.4) is 0 Å². The highest BCUT2D eigenvalue weighted by molar-refractivity contribution is 5.93. The average Bonchev–Trinajstić information content (AvgIpc) is 3.62. The van der Waals surface area contributed by atoms with E-state index in [1.807, 2.05) is 48.7 Å². The first kappa shape index (κ1) is 26.1. The molecule has 7 heteroatoms. The molecule has 1 aromatic heterocycles. The molecule has 3 aromatic carbocycles. The Morgan fingerprint density at radius 1 is 0.925 bits per heavy atom. The van der Waals surface area contributed by atoms with Crippen molar-refractivity contribution in [2.75, 3.05) is 25.5 Å². The van der Waals surface area contributed by atoms with E-state index in [1.54, 1.807) is 7.11 Å². The molecular formula is C33H36N4O3. The average molecular weight is 537 g/mol. The van der Waals surface area contributed by atoms with Crippen molar-refractivity contribution in [3.05, 3.63) is 95.2 Å². The highest BCUT2D eigenvalue weighted by Crippen LogP contribution is 2.29. The van der Waals surface area contributed by atoms with E-state index in [0.29, 0.717) is 32.6 Å². The lowest BCUT2D eigenvalue weighted by Crippen LogP contribution is -2.48. The lowest BCUT2D eigenvalue weighted by Gasteiger charge is -2.36. The number of aryl methyl sites for hydroxylation is 2. The van der Waals surface area contributed by atoms with Crippen LogP contribution in [0, 0.1) is 11.8 Å². The molecule has 0 saturated carbocycles. The number of rotatable bonds is 8. The topological polar surface area (TPSA) is 86.5 Å². The Morgan fingerprint density at radius 2 is 1.70 bits per heavy atom. The molecule has 0 bridgehead atoms. The first-order valence-electron chi connectivity index (χ1n) is 14.2. The van der Waals surface area contributed by atoms with Crippen LogP contribution in [-0.2, 0) is 35.5 Å². The van der Waals surface area contributed by atoms with Gasteiger partial charge in [-0.2, -0.15) is 0 Å². The molecule has 40 heavy (non-hydrogen) atoms. The van der Waals surface area contributed by atoms with Crippen LogP contribution in [0.5, 0.6) is 5.75 Å². The summed E-state index contributed by atoms with van der Waals surface area (Å²) in [6, 6.07) is 22.2. The third-order valence-corrected chi connectivity index (χ3v) is 8.35. The summed E-state index contributed by atoms with van der Waals surface area (Å²) < 4.78 is 5.45. The van der Waals surface area contributed by atoms with E-state index < -0.39 is 0 Å². The fourth-order valence-electron chi connectivity index (χ4n) is 6.27. The highest BCUT2D eigenvalue weighted by atomic mass is 16.5. The van der Waals surface area contributed by atoms with Crippen molar-refractivity contribution in [2.24, 2.45) is 11.8 Å². The van der Waals surface area contributed by atoms with Gasteiger partial charge in [0, 0.05) is 54.5 Å². The first-order chi connectivity index (χ1) is 19.6. The van der Waals surface area contributed by atoms with Gasteiger partial charge in [0.1, 0.15) is 5.75 Å². The van der Waals surface area contributed by atoms with E-state index in [1.165, 1.54) is 28.5 Å². The molecule has 4 aromatic rings. The van der Waals surface area contributed by atoms with Gasteiger partial charge in [0.2, 0.25) is 11.8 Å². The summed E-state index contributed by atoms with van der Waals surface area (Å²) in [5.74, 6) is 0.0895. The van der Waals surface area contributed by atoms with Crippen LogP contribution >= 0.6 is 0 Å². The molecule has 0 radical (unpaired) electrons. The largest absolute Gasteiger partial charge is 0.496 e. The molecule has 2 heterocycles. The Hall–Kier alpha value is -4.10. The Kier molecular flexibility index (Phi) is 7.55. The molecule has 1 saturated heterocycles. The molecule has 1 fully saturated rings. The summed E-state index contributed by atoms with van der Waals surface area (Å²) in [6.45, 7) is 2.25.